The highest BCUT2D eigenvalue weighted by molar-refractivity contribution is 6.02. The molecule has 0 bridgehead atoms. The van der Waals surface area contributed by atoms with Crippen molar-refractivity contribution < 1.29 is 11.6 Å². The van der Waals surface area contributed by atoms with Crippen LogP contribution in [0.1, 0.15) is 12.4 Å². The van der Waals surface area contributed by atoms with E-state index in [1.54, 1.807) is 31.0 Å². The van der Waals surface area contributed by atoms with Crippen LogP contribution in [0.2, 0.25) is 0 Å². The minimum atomic E-state index is -0.551. The first kappa shape index (κ1) is 11.7. The van der Waals surface area contributed by atoms with Gasteiger partial charge in [0.15, 0.2) is 0 Å². The van der Waals surface area contributed by atoms with Gasteiger partial charge < -0.3 is 9.88 Å². The second-order valence-electron chi connectivity index (χ2n) is 5.74. The van der Waals surface area contributed by atoms with Gasteiger partial charge in [0, 0.05) is 30.9 Å². The van der Waals surface area contributed by atoms with Gasteiger partial charge in [0.25, 0.3) is 0 Å². The van der Waals surface area contributed by atoms with E-state index >= 15 is 0 Å². The number of aromatic nitrogens is 4. The smallest absolute Gasteiger partial charge is 0.249 e. The van der Waals surface area contributed by atoms with Crippen LogP contribution in [0.4, 0.5) is 5.82 Å². The lowest BCUT2D eigenvalue weighted by Crippen LogP contribution is -2.09. The number of carbonyl (C=O) groups is 1. The van der Waals surface area contributed by atoms with Crippen LogP contribution in [0.3, 0.4) is 0 Å². The van der Waals surface area contributed by atoms with Crippen LogP contribution < -0.4 is 5.32 Å². The van der Waals surface area contributed by atoms with Gasteiger partial charge in [-0.05, 0) is 29.2 Å². The number of amides is 1. The third-order valence-corrected chi connectivity index (χ3v) is 3.85. The molecule has 4 rings (SSSR count). The maximum absolute atomic E-state index is 12.4. The lowest BCUT2D eigenvalue weighted by atomic mass is 10.1. The molecule has 0 aliphatic carbocycles. The molecule has 0 spiro atoms. The van der Waals surface area contributed by atoms with Crippen LogP contribution in [-0.2, 0) is 11.8 Å². The number of anilines is 1. The Morgan fingerprint density at radius 3 is 2.70 bits per heavy atom. The molecule has 132 valence electrons. The lowest BCUT2D eigenvalue weighted by Gasteiger charge is -2.06. The van der Waals surface area contributed by atoms with Gasteiger partial charge in [-0.15, -0.1) is 0 Å². The first-order valence-electron chi connectivity index (χ1n) is 10.5. The largest absolute Gasteiger partial charge is 0.332 e. The number of aryl methyl sites for hydroxylation is 1. The fraction of sp³-hybridized carbons (Fsp3) is 0.0476. The quantitative estimate of drug-likeness (QED) is 0.564. The molecule has 6 nitrogen and oxygen atoms in total. The maximum atomic E-state index is 12.4. The van der Waals surface area contributed by atoms with Crippen molar-refractivity contribution in [2.24, 2.45) is 7.05 Å². The number of pyridine rings is 2. The van der Waals surface area contributed by atoms with E-state index in [0.717, 1.165) is 28.2 Å². The molecule has 0 unspecified atom stereocenters. The highest BCUT2D eigenvalue weighted by Gasteiger charge is 2.07. The van der Waals surface area contributed by atoms with Crippen LogP contribution in [0.25, 0.3) is 28.2 Å². The van der Waals surface area contributed by atoms with Crippen molar-refractivity contribution in [1.82, 2.24) is 19.5 Å². The highest BCUT2D eigenvalue weighted by Crippen LogP contribution is 2.22. The fourth-order valence-corrected chi connectivity index (χ4v) is 2.52. The summed E-state index contributed by atoms with van der Waals surface area (Å²) in [6, 6.07) is 1.42. The van der Waals surface area contributed by atoms with Gasteiger partial charge in [-0.2, -0.15) is 0 Å². The summed E-state index contributed by atoms with van der Waals surface area (Å²) in [5, 5.41) is 4.23. The molecule has 0 atom stereocenters. The number of benzene rings is 1. The van der Waals surface area contributed by atoms with Crippen molar-refractivity contribution in [1.29, 1.82) is 0 Å². The van der Waals surface area contributed by atoms with E-state index in [1.165, 1.54) is 6.08 Å². The third-order valence-electron chi connectivity index (χ3n) is 3.85. The van der Waals surface area contributed by atoms with Gasteiger partial charge in [-0.25, -0.2) is 9.97 Å². The van der Waals surface area contributed by atoms with Crippen molar-refractivity contribution in [2.75, 3.05) is 5.32 Å². The standard InChI is InChI=1S/C21H17N5O/c1-26-14-22-13-19(26)18-9-16-10-20(24-12-17(16)11-23-18)25-21(27)8-7-15-5-3-2-4-6-15/h2-14H,1H3,(H,24,25,27)/b8-7+/i2D,3D,4D,5D,6D. The number of carbonyl (C=O) groups excluding carboxylic acids is 1. The monoisotopic (exact) mass is 360 g/mol. The predicted octanol–water partition coefficient (Wildman–Crippen LogP) is 3.68. The summed E-state index contributed by atoms with van der Waals surface area (Å²) in [6.07, 6.45) is 8.97. The zero-order valence-corrected chi connectivity index (χ0v) is 14.3. The van der Waals surface area contributed by atoms with E-state index in [9.17, 15) is 4.79 Å². The Morgan fingerprint density at radius 1 is 1.11 bits per heavy atom. The number of rotatable bonds is 4. The molecule has 1 N–H and O–H groups in total. The molecular weight excluding hydrogens is 338 g/mol. The second kappa shape index (κ2) is 7.21. The number of nitrogens with zero attached hydrogens (tertiary/aromatic N) is 4. The summed E-state index contributed by atoms with van der Waals surface area (Å²) in [6.45, 7) is 0. The van der Waals surface area contributed by atoms with Crippen molar-refractivity contribution in [3.05, 3.63) is 78.9 Å². The number of hydrogen-bond acceptors (Lipinski definition) is 4. The zero-order valence-electron chi connectivity index (χ0n) is 19.3. The third kappa shape index (κ3) is 3.74. The fourth-order valence-electron chi connectivity index (χ4n) is 2.52. The Bertz CT molecular complexity index is 1370. The molecule has 3 aromatic heterocycles. The predicted molar refractivity (Wildman–Crippen MR) is 106 cm³/mol. The Kier molecular flexibility index (Phi) is 3.14. The molecule has 27 heavy (non-hydrogen) atoms. The van der Waals surface area contributed by atoms with Gasteiger partial charge in [-0.1, -0.05) is 30.2 Å². The van der Waals surface area contributed by atoms with E-state index in [2.05, 4.69) is 20.3 Å². The summed E-state index contributed by atoms with van der Waals surface area (Å²) in [4.78, 5) is 25.1. The van der Waals surface area contributed by atoms with Crippen LogP contribution in [-0.4, -0.2) is 25.4 Å². The Morgan fingerprint density at radius 2 is 1.93 bits per heavy atom. The molecule has 0 radical (unpaired) electrons. The van der Waals surface area contributed by atoms with Crippen LogP contribution in [0.15, 0.2) is 73.3 Å². The second-order valence-corrected chi connectivity index (χ2v) is 5.74. The topological polar surface area (TPSA) is 72.7 Å². The molecular formula is C21H17N5O. The van der Waals surface area contributed by atoms with Crippen molar-refractivity contribution in [3.8, 4) is 11.4 Å². The summed E-state index contributed by atoms with van der Waals surface area (Å²) >= 11 is 0. The van der Waals surface area contributed by atoms with E-state index in [-0.39, 0.29) is 17.6 Å². The number of imidazole rings is 1. The molecule has 6 heteroatoms. The molecule has 1 aromatic carbocycles. The van der Waals surface area contributed by atoms with E-state index in [0.29, 0.717) is 5.82 Å². The Labute approximate surface area is 163 Å². The molecule has 0 fully saturated rings. The zero-order chi connectivity index (χ0) is 23.0. The summed E-state index contributed by atoms with van der Waals surface area (Å²) in [7, 11) is 1.87. The first-order valence-corrected chi connectivity index (χ1v) is 8.04. The normalized spacial score (nSPS) is 13.7. The summed E-state index contributed by atoms with van der Waals surface area (Å²) < 4.78 is 40.7. The minimum absolute atomic E-state index is 0.0653. The molecule has 1 amide bonds. The van der Waals surface area contributed by atoms with Gasteiger partial charge in [-0.3, -0.25) is 9.78 Å². The van der Waals surface area contributed by atoms with Gasteiger partial charge in [0.2, 0.25) is 5.91 Å². The lowest BCUT2D eigenvalue weighted by molar-refractivity contribution is -0.111. The molecule has 0 saturated carbocycles. The Balaban J connectivity index is 1.58. The van der Waals surface area contributed by atoms with Crippen LogP contribution in [0, 0.1) is 0 Å². The van der Waals surface area contributed by atoms with E-state index in [1.807, 2.05) is 17.7 Å². The number of fused-ring (bicyclic) bond motifs is 1. The molecule has 0 aliphatic rings. The Hall–Kier alpha value is -3.80. The van der Waals surface area contributed by atoms with Crippen LogP contribution >= 0.6 is 0 Å². The minimum Gasteiger partial charge on any atom is -0.332 e. The highest BCUT2D eigenvalue weighted by atomic mass is 16.1. The number of hydrogen-bond donors (Lipinski definition) is 1. The van der Waals surface area contributed by atoms with Crippen molar-refractivity contribution >= 4 is 28.6 Å². The molecule has 4 aromatic rings. The van der Waals surface area contributed by atoms with E-state index in [4.69, 9.17) is 6.85 Å². The van der Waals surface area contributed by atoms with Gasteiger partial charge in [0.1, 0.15) is 5.82 Å². The number of nitrogens with one attached hydrogen (secondary N) is 1. The maximum Gasteiger partial charge on any atom is 0.249 e. The average molecular weight is 360 g/mol. The van der Waals surface area contributed by atoms with Crippen molar-refractivity contribution in [3.63, 3.8) is 0 Å². The van der Waals surface area contributed by atoms with Crippen LogP contribution in [0.5, 0.6) is 0 Å². The molecule has 0 aliphatic heterocycles. The van der Waals surface area contributed by atoms with Gasteiger partial charge >= 0.3 is 0 Å². The van der Waals surface area contributed by atoms with E-state index < -0.39 is 24.0 Å². The van der Waals surface area contributed by atoms with Gasteiger partial charge in [0.05, 0.1) is 30.8 Å². The summed E-state index contributed by atoms with van der Waals surface area (Å²) in [5.74, 6) is -0.250. The molecule has 0 saturated heterocycles. The summed E-state index contributed by atoms with van der Waals surface area (Å²) in [5.41, 5.74) is 1.50. The SMILES string of the molecule is [2H]c1c([2H])c([2H])c(/C=C/C(=O)Nc2cc3cc(-c4cncn4C)ncc3cn2)c([2H])c1[2H]. The molecule has 3 heterocycles. The first-order chi connectivity index (χ1) is 15.3. The average Bonchev–Trinajstić information content (AvgIpc) is 3.21. The van der Waals surface area contributed by atoms with Crippen molar-refractivity contribution in [2.45, 2.75) is 0 Å².